The molecule has 0 N–H and O–H groups in total. The molecule has 2 aromatic heterocycles. The third kappa shape index (κ3) is 5.08. The summed E-state index contributed by atoms with van der Waals surface area (Å²) in [5, 5.41) is 3.71. The van der Waals surface area contributed by atoms with Gasteiger partial charge in [0.15, 0.2) is 0 Å². The molecule has 62 heavy (non-hydrogen) atoms. The topological polar surface area (TPSA) is 24.6 Å². The molecule has 3 saturated carbocycles. The third-order valence-corrected chi connectivity index (χ3v) is 16.2. The van der Waals surface area contributed by atoms with E-state index in [0.29, 0.717) is 6.04 Å². The highest BCUT2D eigenvalue weighted by Crippen LogP contribution is 2.61. The van der Waals surface area contributed by atoms with Gasteiger partial charge in [0.2, 0.25) is 0 Å². The van der Waals surface area contributed by atoms with E-state index < -0.39 is 0 Å². The largest absolute Gasteiger partial charge is 0.468 e. The van der Waals surface area contributed by atoms with E-state index in [9.17, 15) is 0 Å². The quantitative estimate of drug-likeness (QED) is 0.166. The monoisotopic (exact) mass is 809 g/mol. The first-order valence-corrected chi connectivity index (χ1v) is 23.5. The summed E-state index contributed by atoms with van der Waals surface area (Å²) in [6.45, 7) is 16.3. The molecule has 13 rings (SSSR count). The van der Waals surface area contributed by atoms with Crippen LogP contribution in [-0.4, -0.2) is 17.3 Å². The Labute approximate surface area is 366 Å². The molecule has 6 aromatic carbocycles. The molecule has 0 spiro atoms. The number of fused-ring (bicyclic) bond motifs is 14. The SMILES string of the molecule is Cc1cc2c3c(c1)N(C1CC4CC1C1CCCC41)c1ccc(C(C)(C)C)cc1B3c1oc3ccc(C(C)(C)C)cc3c1N2c1ccc2c3ccccc3n(-c3ccccc3)c2c1. The molecule has 4 nitrogen and oxygen atoms in total. The van der Waals surface area contributed by atoms with Crippen molar-refractivity contribution in [1.29, 1.82) is 0 Å². The molecular weight excluding hydrogens is 753 g/mol. The van der Waals surface area contributed by atoms with Gasteiger partial charge in [-0.25, -0.2) is 0 Å². The third-order valence-electron chi connectivity index (χ3n) is 16.2. The average Bonchev–Trinajstić information content (AvgIpc) is 4.09. The molecule has 308 valence electrons. The van der Waals surface area contributed by atoms with Crippen LogP contribution >= 0.6 is 0 Å². The first kappa shape index (κ1) is 36.9. The van der Waals surface area contributed by atoms with Gasteiger partial charge < -0.3 is 18.8 Å². The van der Waals surface area contributed by atoms with E-state index in [1.165, 1.54) is 115 Å². The van der Waals surface area contributed by atoms with Crippen LogP contribution < -0.4 is 26.4 Å². The summed E-state index contributed by atoms with van der Waals surface area (Å²) in [7, 11) is 0. The fraction of sp³-hybridized carbons (Fsp3) is 0.333. The van der Waals surface area contributed by atoms with Gasteiger partial charge in [-0.05, 0) is 155 Å². The van der Waals surface area contributed by atoms with Crippen LogP contribution in [0.2, 0.25) is 0 Å². The Balaban J connectivity index is 1.12. The van der Waals surface area contributed by atoms with E-state index in [4.69, 9.17) is 4.42 Å². The Bertz CT molecular complexity index is 3160. The number of rotatable bonds is 3. The van der Waals surface area contributed by atoms with Gasteiger partial charge in [-0.1, -0.05) is 109 Å². The lowest BCUT2D eigenvalue weighted by molar-refractivity contribution is 0.233. The molecule has 4 heterocycles. The smallest absolute Gasteiger partial charge is 0.297 e. The standard InChI is InChI=1S/C57H56BN3O/c1-33-26-50-53-51(27-33)61(48-29-34-28-43(48)40-18-13-17-39(34)40)47-24-20-36(57(5,6)7)31-45(47)58(53)55-54(44-30-35(56(2,3)4)21-25-52(44)62-55)60(50)38-22-23-42-41-16-11-12-19-46(41)59(49(42)32-38)37-14-9-8-10-15-37/h8-12,14-16,19-27,30-32,34,39-40,43,48H,13,17-18,28-29H2,1-7H3. The van der Waals surface area contributed by atoms with E-state index in [2.05, 4.69) is 184 Å². The first-order chi connectivity index (χ1) is 29.9. The number of aromatic nitrogens is 1. The number of furan rings is 1. The second kappa shape index (κ2) is 12.7. The zero-order valence-corrected chi connectivity index (χ0v) is 37.3. The Kier molecular flexibility index (Phi) is 7.57. The fourth-order valence-corrected chi connectivity index (χ4v) is 13.5. The molecule has 3 aliphatic carbocycles. The van der Waals surface area contributed by atoms with Crippen LogP contribution in [0.3, 0.4) is 0 Å². The van der Waals surface area contributed by atoms with Crippen molar-refractivity contribution in [1.82, 2.24) is 4.57 Å². The van der Waals surface area contributed by atoms with Gasteiger partial charge in [-0.3, -0.25) is 0 Å². The Morgan fingerprint density at radius 1 is 0.597 bits per heavy atom. The average molecular weight is 810 g/mol. The van der Waals surface area contributed by atoms with Crippen LogP contribution in [0.25, 0.3) is 38.5 Å². The number of anilines is 5. The molecule has 0 saturated heterocycles. The van der Waals surface area contributed by atoms with Gasteiger partial charge in [0, 0.05) is 50.6 Å². The highest BCUT2D eigenvalue weighted by molar-refractivity contribution is 6.99. The molecule has 5 heteroatoms. The van der Waals surface area contributed by atoms with Gasteiger partial charge in [0.1, 0.15) is 5.58 Å². The van der Waals surface area contributed by atoms with E-state index in [1.54, 1.807) is 0 Å². The van der Waals surface area contributed by atoms with Crippen LogP contribution in [0.1, 0.15) is 90.3 Å². The maximum Gasteiger partial charge on any atom is 0.297 e. The van der Waals surface area contributed by atoms with E-state index in [-0.39, 0.29) is 17.5 Å². The predicted molar refractivity (Wildman–Crippen MR) is 261 cm³/mol. The highest BCUT2D eigenvalue weighted by atomic mass is 16.3. The van der Waals surface area contributed by atoms with Crippen molar-refractivity contribution >= 4 is 84.5 Å². The first-order valence-electron chi connectivity index (χ1n) is 23.5. The molecule has 2 bridgehead atoms. The molecule has 0 radical (unpaired) electrons. The minimum absolute atomic E-state index is 0.00534. The van der Waals surface area contributed by atoms with Crippen LogP contribution in [0, 0.1) is 30.6 Å². The Morgan fingerprint density at radius 3 is 2.15 bits per heavy atom. The summed E-state index contributed by atoms with van der Waals surface area (Å²) >= 11 is 0. The van der Waals surface area contributed by atoms with Gasteiger partial charge in [-0.2, -0.15) is 0 Å². The second-order valence-corrected chi connectivity index (χ2v) is 21.8. The summed E-state index contributed by atoms with van der Waals surface area (Å²) in [5.74, 6) is 3.41. The summed E-state index contributed by atoms with van der Waals surface area (Å²) in [5.41, 5.74) is 18.8. The zero-order valence-electron chi connectivity index (χ0n) is 37.3. The number of hydrogen-bond acceptors (Lipinski definition) is 3. The lowest BCUT2D eigenvalue weighted by Crippen LogP contribution is -2.63. The van der Waals surface area contributed by atoms with Gasteiger partial charge in [0.05, 0.1) is 22.4 Å². The normalized spacial score (nSPS) is 22.5. The van der Waals surface area contributed by atoms with Crippen LogP contribution in [0.4, 0.5) is 28.4 Å². The van der Waals surface area contributed by atoms with Crippen molar-refractivity contribution in [2.24, 2.45) is 23.7 Å². The minimum Gasteiger partial charge on any atom is -0.468 e. The minimum atomic E-state index is -0.0387. The maximum absolute atomic E-state index is 7.40. The van der Waals surface area contributed by atoms with Crippen molar-refractivity contribution in [3.8, 4) is 5.69 Å². The molecule has 3 fully saturated rings. The second-order valence-electron chi connectivity index (χ2n) is 21.8. The number of hydrogen-bond donors (Lipinski definition) is 0. The summed E-state index contributed by atoms with van der Waals surface area (Å²) in [6, 6.07) is 46.9. The number of para-hydroxylation sites is 2. The molecule has 5 unspecified atom stereocenters. The molecule has 5 aliphatic rings. The molecule has 8 aromatic rings. The summed E-state index contributed by atoms with van der Waals surface area (Å²) in [4.78, 5) is 5.48. The van der Waals surface area contributed by atoms with Crippen LogP contribution in [0.15, 0.2) is 126 Å². The maximum atomic E-state index is 7.40. The van der Waals surface area contributed by atoms with E-state index >= 15 is 0 Å². The molecule has 5 atom stereocenters. The predicted octanol–water partition coefficient (Wildman–Crippen LogP) is 13.0. The van der Waals surface area contributed by atoms with Gasteiger partial charge in [0.25, 0.3) is 6.71 Å². The number of aryl methyl sites for hydroxylation is 1. The Morgan fingerprint density at radius 2 is 1.32 bits per heavy atom. The number of nitrogens with zero attached hydrogens (tertiary/aromatic N) is 3. The summed E-state index contributed by atoms with van der Waals surface area (Å²) in [6.07, 6.45) is 6.97. The highest BCUT2D eigenvalue weighted by Gasteiger charge is 2.57. The lowest BCUT2D eigenvalue weighted by Gasteiger charge is -2.48. The van der Waals surface area contributed by atoms with E-state index in [1.807, 2.05) is 0 Å². The fourth-order valence-electron chi connectivity index (χ4n) is 13.5. The van der Waals surface area contributed by atoms with Crippen molar-refractivity contribution in [3.63, 3.8) is 0 Å². The van der Waals surface area contributed by atoms with Gasteiger partial charge in [-0.15, -0.1) is 0 Å². The van der Waals surface area contributed by atoms with Crippen molar-refractivity contribution < 1.29 is 4.42 Å². The van der Waals surface area contributed by atoms with Crippen molar-refractivity contribution in [2.45, 2.75) is 97.4 Å². The van der Waals surface area contributed by atoms with Crippen LogP contribution in [0.5, 0.6) is 0 Å². The molecule has 0 amide bonds. The zero-order chi connectivity index (χ0) is 42.0. The lowest BCUT2D eigenvalue weighted by atomic mass is 9.35. The van der Waals surface area contributed by atoms with Crippen molar-refractivity contribution in [3.05, 3.63) is 138 Å². The van der Waals surface area contributed by atoms with Crippen molar-refractivity contribution in [2.75, 3.05) is 9.80 Å². The van der Waals surface area contributed by atoms with Gasteiger partial charge >= 0.3 is 0 Å². The van der Waals surface area contributed by atoms with E-state index in [0.717, 1.165) is 40.6 Å². The Hall–Kier alpha value is -5.68. The molecule has 2 aliphatic heterocycles. The number of benzene rings is 6. The van der Waals surface area contributed by atoms with Crippen LogP contribution in [-0.2, 0) is 10.8 Å². The molecular formula is C57H56BN3O. The summed E-state index contributed by atoms with van der Waals surface area (Å²) < 4.78 is 9.86.